The molecule has 0 radical (unpaired) electrons. The highest BCUT2D eigenvalue weighted by Gasteiger charge is 2.13. The molecule has 4 N–H and O–H groups in total. The molecule has 9 heavy (non-hydrogen) atoms. The summed E-state index contributed by atoms with van der Waals surface area (Å²) in [5.74, 6) is 0.440. The van der Waals surface area contributed by atoms with E-state index < -0.39 is 0 Å². The van der Waals surface area contributed by atoms with Crippen molar-refractivity contribution in [3.05, 3.63) is 0 Å². The zero-order chi connectivity index (χ0) is 7.44. The van der Waals surface area contributed by atoms with Crippen LogP contribution in [0.5, 0.6) is 0 Å². The van der Waals surface area contributed by atoms with E-state index >= 15 is 0 Å². The summed E-state index contributed by atoms with van der Waals surface area (Å²) in [5, 5.41) is 0. The van der Waals surface area contributed by atoms with Gasteiger partial charge in [-0.3, -0.25) is 0 Å². The van der Waals surface area contributed by atoms with Crippen LogP contribution in [0.25, 0.3) is 0 Å². The molecule has 0 amide bonds. The Morgan fingerprint density at radius 3 is 1.78 bits per heavy atom. The lowest BCUT2D eigenvalue weighted by Gasteiger charge is -2.21. The van der Waals surface area contributed by atoms with Gasteiger partial charge in [-0.1, -0.05) is 13.8 Å². The van der Waals surface area contributed by atoms with Crippen molar-refractivity contribution in [2.45, 2.75) is 39.3 Å². The molecule has 3 unspecified atom stereocenters. The normalized spacial score (nSPS) is 21.0. The molecule has 0 aliphatic carbocycles. The molecule has 0 aromatic carbocycles. The Labute approximate surface area is 57.6 Å². The SMILES string of the molecule is CCC(N)C(C)C(C)N. The van der Waals surface area contributed by atoms with Crippen LogP contribution in [0.4, 0.5) is 0 Å². The second kappa shape index (κ2) is 3.85. The summed E-state index contributed by atoms with van der Waals surface area (Å²) in [6.45, 7) is 6.18. The quantitative estimate of drug-likeness (QED) is 0.591. The highest BCUT2D eigenvalue weighted by molar-refractivity contribution is 4.73. The van der Waals surface area contributed by atoms with Crippen LogP contribution < -0.4 is 11.5 Å². The predicted octanol–water partition coefficient (Wildman–Crippen LogP) is 0.707. The first-order valence-corrected chi connectivity index (χ1v) is 3.60. The zero-order valence-electron chi connectivity index (χ0n) is 6.59. The Morgan fingerprint density at radius 1 is 1.22 bits per heavy atom. The van der Waals surface area contributed by atoms with Gasteiger partial charge in [-0.15, -0.1) is 0 Å². The van der Waals surface area contributed by atoms with Gasteiger partial charge in [-0.05, 0) is 19.3 Å². The Hall–Kier alpha value is -0.0800. The molecular weight excluding hydrogens is 112 g/mol. The van der Waals surface area contributed by atoms with Crippen LogP contribution in [0.2, 0.25) is 0 Å². The molecule has 0 rings (SSSR count). The lowest BCUT2D eigenvalue weighted by molar-refractivity contribution is 0.386. The van der Waals surface area contributed by atoms with Gasteiger partial charge in [0.15, 0.2) is 0 Å². The first-order chi connectivity index (χ1) is 4.09. The molecule has 0 aliphatic rings. The second-order valence-corrected chi connectivity index (χ2v) is 2.79. The maximum atomic E-state index is 5.74. The number of hydrogen-bond acceptors (Lipinski definition) is 2. The fourth-order valence-corrected chi connectivity index (χ4v) is 0.762. The summed E-state index contributed by atoms with van der Waals surface area (Å²) in [6.07, 6.45) is 1.02. The van der Waals surface area contributed by atoms with E-state index in [4.69, 9.17) is 11.5 Å². The summed E-state index contributed by atoms with van der Waals surface area (Å²) in [5.41, 5.74) is 11.4. The fraction of sp³-hybridized carbons (Fsp3) is 1.00. The highest BCUT2D eigenvalue weighted by atomic mass is 14.7. The molecule has 0 saturated carbocycles. The van der Waals surface area contributed by atoms with E-state index in [1.54, 1.807) is 0 Å². The number of nitrogens with two attached hydrogens (primary N) is 2. The van der Waals surface area contributed by atoms with Gasteiger partial charge in [0.25, 0.3) is 0 Å². The number of rotatable bonds is 3. The van der Waals surface area contributed by atoms with Crippen LogP contribution in [0.15, 0.2) is 0 Å². The monoisotopic (exact) mass is 130 g/mol. The summed E-state index contributed by atoms with van der Waals surface area (Å²) in [4.78, 5) is 0. The maximum absolute atomic E-state index is 5.74. The molecule has 0 aromatic rings. The van der Waals surface area contributed by atoms with Crippen LogP contribution in [-0.4, -0.2) is 12.1 Å². The van der Waals surface area contributed by atoms with Crippen molar-refractivity contribution in [1.82, 2.24) is 0 Å². The van der Waals surface area contributed by atoms with Gasteiger partial charge in [0, 0.05) is 12.1 Å². The third-order valence-corrected chi connectivity index (χ3v) is 1.98. The summed E-state index contributed by atoms with van der Waals surface area (Å²) >= 11 is 0. The average Bonchev–Trinajstić information content (AvgIpc) is 1.84. The van der Waals surface area contributed by atoms with E-state index in [1.165, 1.54) is 0 Å². The summed E-state index contributed by atoms with van der Waals surface area (Å²) in [7, 11) is 0. The number of hydrogen-bond donors (Lipinski definition) is 2. The Morgan fingerprint density at radius 2 is 1.67 bits per heavy atom. The largest absolute Gasteiger partial charge is 0.328 e. The minimum absolute atomic E-state index is 0.222. The molecular formula is C7H18N2. The second-order valence-electron chi connectivity index (χ2n) is 2.79. The molecule has 3 atom stereocenters. The standard InChI is InChI=1S/C7H18N2/c1-4-7(9)5(2)6(3)8/h5-7H,4,8-9H2,1-3H3. The molecule has 0 saturated heterocycles. The van der Waals surface area contributed by atoms with Crippen LogP contribution in [-0.2, 0) is 0 Å². The molecule has 2 nitrogen and oxygen atoms in total. The smallest absolute Gasteiger partial charge is 0.00765 e. The van der Waals surface area contributed by atoms with Crippen molar-refractivity contribution in [2.24, 2.45) is 17.4 Å². The third kappa shape index (κ3) is 2.82. The molecule has 56 valence electrons. The zero-order valence-corrected chi connectivity index (χ0v) is 6.59. The van der Waals surface area contributed by atoms with E-state index in [9.17, 15) is 0 Å². The van der Waals surface area contributed by atoms with E-state index in [2.05, 4.69) is 13.8 Å². The van der Waals surface area contributed by atoms with Crippen LogP contribution in [0, 0.1) is 5.92 Å². The minimum atomic E-state index is 0.222. The van der Waals surface area contributed by atoms with Gasteiger partial charge in [-0.25, -0.2) is 0 Å². The van der Waals surface area contributed by atoms with Gasteiger partial charge in [-0.2, -0.15) is 0 Å². The highest BCUT2D eigenvalue weighted by Crippen LogP contribution is 2.06. The lowest BCUT2D eigenvalue weighted by Crippen LogP contribution is -2.38. The molecule has 0 bridgehead atoms. The maximum Gasteiger partial charge on any atom is 0.00765 e. The molecule has 0 fully saturated rings. The van der Waals surface area contributed by atoms with E-state index in [0.717, 1.165) is 6.42 Å². The van der Waals surface area contributed by atoms with Crippen LogP contribution >= 0.6 is 0 Å². The summed E-state index contributed by atoms with van der Waals surface area (Å²) < 4.78 is 0. The Bertz CT molecular complexity index is 71.3. The predicted molar refractivity (Wildman–Crippen MR) is 41.1 cm³/mol. The topological polar surface area (TPSA) is 52.0 Å². The first kappa shape index (κ1) is 8.92. The third-order valence-electron chi connectivity index (χ3n) is 1.98. The molecule has 2 heteroatoms. The van der Waals surface area contributed by atoms with Crippen molar-refractivity contribution in [3.63, 3.8) is 0 Å². The van der Waals surface area contributed by atoms with E-state index in [0.29, 0.717) is 5.92 Å². The Kier molecular flexibility index (Phi) is 3.82. The van der Waals surface area contributed by atoms with E-state index in [1.807, 2.05) is 6.92 Å². The lowest BCUT2D eigenvalue weighted by atomic mass is 9.94. The Balaban J connectivity index is 3.58. The minimum Gasteiger partial charge on any atom is -0.328 e. The van der Waals surface area contributed by atoms with Crippen molar-refractivity contribution in [2.75, 3.05) is 0 Å². The van der Waals surface area contributed by atoms with Crippen molar-refractivity contribution >= 4 is 0 Å². The van der Waals surface area contributed by atoms with Gasteiger partial charge in [0.2, 0.25) is 0 Å². The van der Waals surface area contributed by atoms with Crippen molar-refractivity contribution in [3.8, 4) is 0 Å². The van der Waals surface area contributed by atoms with Crippen LogP contribution in [0.1, 0.15) is 27.2 Å². The van der Waals surface area contributed by atoms with Gasteiger partial charge in [0.05, 0.1) is 0 Å². The fourth-order valence-electron chi connectivity index (χ4n) is 0.762. The van der Waals surface area contributed by atoms with Gasteiger partial charge < -0.3 is 11.5 Å². The van der Waals surface area contributed by atoms with E-state index in [-0.39, 0.29) is 12.1 Å². The average molecular weight is 130 g/mol. The first-order valence-electron chi connectivity index (χ1n) is 3.60. The molecule has 0 heterocycles. The van der Waals surface area contributed by atoms with Gasteiger partial charge in [0.1, 0.15) is 0 Å². The molecule has 0 aromatic heterocycles. The van der Waals surface area contributed by atoms with Crippen molar-refractivity contribution < 1.29 is 0 Å². The summed E-state index contributed by atoms with van der Waals surface area (Å²) in [6, 6.07) is 0.491. The van der Waals surface area contributed by atoms with Crippen LogP contribution in [0.3, 0.4) is 0 Å². The molecule has 0 aliphatic heterocycles. The molecule has 0 spiro atoms. The van der Waals surface area contributed by atoms with Crippen molar-refractivity contribution in [1.29, 1.82) is 0 Å². The van der Waals surface area contributed by atoms with Gasteiger partial charge >= 0.3 is 0 Å².